The second-order valence-corrected chi connectivity index (χ2v) is 9.45. The number of aryl methyl sites for hydroxylation is 1. The molecule has 0 unspecified atom stereocenters. The molecular weight excluding hydrogens is 378 g/mol. The van der Waals surface area contributed by atoms with Crippen LogP contribution in [-0.4, -0.2) is 33.5 Å². The van der Waals surface area contributed by atoms with Crippen molar-refractivity contribution in [2.75, 3.05) is 11.9 Å². The predicted molar refractivity (Wildman–Crippen MR) is 117 cm³/mol. The molecule has 30 heavy (non-hydrogen) atoms. The highest BCUT2D eigenvalue weighted by molar-refractivity contribution is 5.67. The Morgan fingerprint density at radius 2 is 2.03 bits per heavy atom. The molecule has 2 aliphatic rings. The Morgan fingerprint density at radius 3 is 2.87 bits per heavy atom. The van der Waals surface area contributed by atoms with Crippen LogP contribution in [0.1, 0.15) is 76.6 Å². The molecule has 1 saturated carbocycles. The number of hydrogen-bond donors (Lipinski definition) is 2. The SMILES string of the molecule is CC(C)(C)n1nc2cc1Nc1cccc(n1)CCCCCNC(=O)O[C@@H]1CC[C@H]2C1. The second kappa shape index (κ2) is 8.66. The van der Waals surface area contributed by atoms with Gasteiger partial charge in [0.25, 0.3) is 0 Å². The summed E-state index contributed by atoms with van der Waals surface area (Å²) in [5.74, 6) is 2.10. The van der Waals surface area contributed by atoms with E-state index in [4.69, 9.17) is 14.8 Å². The van der Waals surface area contributed by atoms with E-state index in [1.807, 2.05) is 10.7 Å². The van der Waals surface area contributed by atoms with E-state index in [1.54, 1.807) is 0 Å². The zero-order valence-electron chi connectivity index (χ0n) is 18.3. The number of ether oxygens (including phenoxy) is 1. The van der Waals surface area contributed by atoms with Gasteiger partial charge in [0.15, 0.2) is 0 Å². The summed E-state index contributed by atoms with van der Waals surface area (Å²) in [4.78, 5) is 16.9. The van der Waals surface area contributed by atoms with Crippen molar-refractivity contribution in [1.82, 2.24) is 20.1 Å². The molecule has 0 aromatic carbocycles. The monoisotopic (exact) mass is 411 g/mol. The Hall–Kier alpha value is -2.57. The number of amides is 1. The third-order valence-corrected chi connectivity index (χ3v) is 5.88. The first-order valence-electron chi connectivity index (χ1n) is 11.2. The third-order valence-electron chi connectivity index (χ3n) is 5.88. The molecule has 6 bridgehead atoms. The number of aromatic nitrogens is 3. The predicted octanol–water partition coefficient (Wildman–Crippen LogP) is 4.87. The van der Waals surface area contributed by atoms with Gasteiger partial charge in [0.05, 0.1) is 11.2 Å². The fourth-order valence-corrected chi connectivity index (χ4v) is 4.33. The van der Waals surface area contributed by atoms with Gasteiger partial charge < -0.3 is 15.4 Å². The van der Waals surface area contributed by atoms with E-state index in [0.29, 0.717) is 12.5 Å². The summed E-state index contributed by atoms with van der Waals surface area (Å²) in [6.45, 7) is 7.11. The van der Waals surface area contributed by atoms with Gasteiger partial charge in [0.2, 0.25) is 0 Å². The number of nitrogens with one attached hydrogen (secondary N) is 2. The minimum atomic E-state index is -0.293. The molecule has 3 heterocycles. The lowest BCUT2D eigenvalue weighted by molar-refractivity contribution is 0.100. The standard InChI is InChI=1S/C23H33N5O2/c1-23(2,3)28-21-15-19(27-28)16-11-12-18(14-16)30-22(29)24-13-6-4-5-8-17-9-7-10-20(25-17)26-21/h7,9-10,15-16,18H,4-6,8,11-14H2,1-3H3,(H,24,29)(H,25,26)/t16-,18+/m0/s1. The molecule has 4 rings (SSSR count). The molecule has 1 aliphatic heterocycles. The highest BCUT2D eigenvalue weighted by atomic mass is 16.6. The number of fused-ring (bicyclic) bond motifs is 7. The maximum Gasteiger partial charge on any atom is 0.407 e. The third kappa shape index (κ3) is 4.94. The van der Waals surface area contributed by atoms with E-state index in [9.17, 15) is 4.79 Å². The van der Waals surface area contributed by atoms with E-state index in [2.05, 4.69) is 49.6 Å². The number of carbonyl (C=O) groups is 1. The van der Waals surface area contributed by atoms with Crippen LogP contribution in [0.15, 0.2) is 24.3 Å². The van der Waals surface area contributed by atoms with E-state index in [0.717, 1.165) is 68.0 Å². The van der Waals surface area contributed by atoms with Crippen LogP contribution in [0.2, 0.25) is 0 Å². The van der Waals surface area contributed by atoms with Gasteiger partial charge in [0, 0.05) is 24.2 Å². The summed E-state index contributed by atoms with van der Waals surface area (Å²) in [7, 11) is 0. The molecule has 1 fully saturated rings. The summed E-state index contributed by atoms with van der Waals surface area (Å²) in [6, 6.07) is 8.28. The first-order chi connectivity index (χ1) is 14.4. The molecule has 1 aliphatic carbocycles. The number of anilines is 2. The second-order valence-electron chi connectivity index (χ2n) is 9.45. The Balaban J connectivity index is 1.63. The van der Waals surface area contributed by atoms with Gasteiger partial charge in [0.1, 0.15) is 17.7 Å². The van der Waals surface area contributed by atoms with Crippen LogP contribution in [0.3, 0.4) is 0 Å². The minimum Gasteiger partial charge on any atom is -0.446 e. The van der Waals surface area contributed by atoms with Crippen LogP contribution in [0, 0.1) is 0 Å². The molecule has 7 nitrogen and oxygen atoms in total. The molecule has 2 aromatic heterocycles. The number of carbonyl (C=O) groups excluding carboxylic acids is 1. The highest BCUT2D eigenvalue weighted by Gasteiger charge is 2.32. The van der Waals surface area contributed by atoms with Crippen molar-refractivity contribution in [3.8, 4) is 0 Å². The van der Waals surface area contributed by atoms with Gasteiger partial charge in [-0.25, -0.2) is 14.5 Å². The van der Waals surface area contributed by atoms with E-state index < -0.39 is 0 Å². The van der Waals surface area contributed by atoms with Crippen molar-refractivity contribution in [3.63, 3.8) is 0 Å². The van der Waals surface area contributed by atoms with Gasteiger partial charge >= 0.3 is 6.09 Å². The molecule has 162 valence electrons. The lowest BCUT2D eigenvalue weighted by Crippen LogP contribution is -2.28. The van der Waals surface area contributed by atoms with Gasteiger partial charge in [-0.2, -0.15) is 5.10 Å². The quantitative estimate of drug-likeness (QED) is 0.647. The number of hydrogen-bond acceptors (Lipinski definition) is 5. The minimum absolute atomic E-state index is 0.0385. The van der Waals surface area contributed by atoms with Gasteiger partial charge in [-0.05, 0) is 71.4 Å². The molecule has 1 amide bonds. The van der Waals surface area contributed by atoms with Crippen LogP contribution in [0.4, 0.5) is 16.4 Å². The zero-order chi connectivity index (χ0) is 21.1. The Labute approximate surface area is 178 Å². The van der Waals surface area contributed by atoms with Crippen LogP contribution < -0.4 is 10.6 Å². The Bertz CT molecular complexity index is 886. The van der Waals surface area contributed by atoms with Crippen molar-refractivity contribution < 1.29 is 9.53 Å². The molecule has 0 saturated heterocycles. The first-order valence-corrected chi connectivity index (χ1v) is 11.2. The Kier molecular flexibility index (Phi) is 5.97. The van der Waals surface area contributed by atoms with Crippen LogP contribution >= 0.6 is 0 Å². The summed E-state index contributed by atoms with van der Waals surface area (Å²) >= 11 is 0. The highest BCUT2D eigenvalue weighted by Crippen LogP contribution is 2.37. The number of nitrogens with zero attached hydrogens (tertiary/aromatic N) is 3. The molecule has 2 atom stereocenters. The fraction of sp³-hybridized carbons (Fsp3) is 0.609. The Morgan fingerprint density at radius 1 is 1.17 bits per heavy atom. The van der Waals surface area contributed by atoms with Gasteiger partial charge in [-0.3, -0.25) is 0 Å². The lowest BCUT2D eigenvalue weighted by atomic mass is 10.0. The van der Waals surface area contributed by atoms with Crippen LogP contribution in [0.25, 0.3) is 0 Å². The van der Waals surface area contributed by atoms with Crippen LogP contribution in [-0.2, 0) is 16.7 Å². The molecule has 0 spiro atoms. The summed E-state index contributed by atoms with van der Waals surface area (Å²) < 4.78 is 7.70. The van der Waals surface area contributed by atoms with Crippen molar-refractivity contribution in [3.05, 3.63) is 35.7 Å². The molecular formula is C23H33N5O2. The van der Waals surface area contributed by atoms with E-state index in [1.165, 1.54) is 0 Å². The first kappa shape index (κ1) is 20.7. The maximum atomic E-state index is 12.1. The summed E-state index contributed by atoms with van der Waals surface area (Å²) in [5, 5.41) is 11.3. The number of alkyl carbamates (subject to hydrolysis) is 1. The topological polar surface area (TPSA) is 81.1 Å². The maximum absolute atomic E-state index is 12.1. The largest absolute Gasteiger partial charge is 0.446 e. The molecule has 0 radical (unpaired) electrons. The average molecular weight is 412 g/mol. The average Bonchev–Trinajstić information content (AvgIpc) is 3.31. The van der Waals surface area contributed by atoms with E-state index >= 15 is 0 Å². The summed E-state index contributed by atoms with van der Waals surface area (Å²) in [5.41, 5.74) is 1.97. The van der Waals surface area contributed by atoms with Crippen LogP contribution in [0.5, 0.6) is 0 Å². The fourth-order valence-electron chi connectivity index (χ4n) is 4.33. The molecule has 2 aromatic rings. The van der Waals surface area contributed by atoms with Crippen molar-refractivity contribution >= 4 is 17.7 Å². The van der Waals surface area contributed by atoms with E-state index in [-0.39, 0.29) is 17.7 Å². The molecule has 2 N–H and O–H groups in total. The number of pyridine rings is 1. The smallest absolute Gasteiger partial charge is 0.407 e. The van der Waals surface area contributed by atoms with Crippen molar-refractivity contribution in [2.45, 2.75) is 83.3 Å². The van der Waals surface area contributed by atoms with Gasteiger partial charge in [-0.1, -0.05) is 12.5 Å². The summed E-state index contributed by atoms with van der Waals surface area (Å²) in [6.07, 6.45) is 6.31. The number of rotatable bonds is 0. The van der Waals surface area contributed by atoms with Crippen molar-refractivity contribution in [2.24, 2.45) is 0 Å². The normalized spacial score (nSPS) is 23.0. The van der Waals surface area contributed by atoms with Crippen molar-refractivity contribution in [1.29, 1.82) is 0 Å². The zero-order valence-corrected chi connectivity index (χ0v) is 18.3. The molecule has 7 heteroatoms. The van der Waals surface area contributed by atoms with Gasteiger partial charge in [-0.15, -0.1) is 0 Å². The lowest BCUT2D eigenvalue weighted by Gasteiger charge is -2.22.